The first-order chi connectivity index (χ1) is 12.2. The minimum Gasteiger partial charge on any atom is -0.423 e. The zero-order chi connectivity index (χ0) is 17.9. The van der Waals surface area contributed by atoms with Gasteiger partial charge in [0, 0.05) is 0 Å². The molecule has 0 N–H and O–H groups in total. The predicted octanol–water partition coefficient (Wildman–Crippen LogP) is 6.37. The Morgan fingerprint density at radius 1 is 0.800 bits per heavy atom. The van der Waals surface area contributed by atoms with Crippen LogP contribution in [-0.4, -0.2) is 5.97 Å². The number of hydrogen-bond donors (Lipinski definition) is 0. The van der Waals surface area contributed by atoms with E-state index >= 15 is 0 Å². The quantitative estimate of drug-likeness (QED) is 0.286. The van der Waals surface area contributed by atoms with Gasteiger partial charge in [0.15, 0.2) is 0 Å². The SMILES string of the molecule is CCCCCc1ccc(C(=O)Oc2cccc(CCCCC)c2)cc1. The molecular formula is C23H30O2. The normalized spacial score (nSPS) is 10.6. The summed E-state index contributed by atoms with van der Waals surface area (Å²) in [6.07, 6.45) is 9.39. The van der Waals surface area contributed by atoms with Gasteiger partial charge in [0.2, 0.25) is 0 Å². The second kappa shape index (κ2) is 10.7. The Hall–Kier alpha value is -2.09. The number of carbonyl (C=O) groups excluding carboxylic acids is 1. The fourth-order valence-electron chi connectivity index (χ4n) is 2.90. The van der Waals surface area contributed by atoms with Crippen LogP contribution in [0, 0.1) is 0 Å². The molecule has 134 valence electrons. The fraction of sp³-hybridized carbons (Fsp3) is 0.435. The van der Waals surface area contributed by atoms with Crippen LogP contribution in [0.3, 0.4) is 0 Å². The monoisotopic (exact) mass is 338 g/mol. The molecule has 0 aliphatic carbocycles. The maximum Gasteiger partial charge on any atom is 0.343 e. The number of unbranched alkanes of at least 4 members (excludes halogenated alkanes) is 4. The molecule has 0 spiro atoms. The van der Waals surface area contributed by atoms with E-state index in [0.717, 1.165) is 12.8 Å². The van der Waals surface area contributed by atoms with Crippen molar-refractivity contribution in [2.75, 3.05) is 0 Å². The molecule has 0 radical (unpaired) electrons. The van der Waals surface area contributed by atoms with E-state index in [1.54, 1.807) is 0 Å². The van der Waals surface area contributed by atoms with Crippen molar-refractivity contribution in [3.05, 3.63) is 65.2 Å². The Morgan fingerprint density at radius 2 is 1.44 bits per heavy atom. The lowest BCUT2D eigenvalue weighted by atomic mass is 10.1. The molecule has 0 atom stereocenters. The van der Waals surface area contributed by atoms with Crippen LogP contribution in [-0.2, 0) is 12.8 Å². The Morgan fingerprint density at radius 3 is 2.08 bits per heavy atom. The molecule has 0 aliphatic rings. The van der Waals surface area contributed by atoms with Gasteiger partial charge < -0.3 is 4.74 Å². The van der Waals surface area contributed by atoms with Crippen molar-refractivity contribution >= 4 is 5.97 Å². The Balaban J connectivity index is 1.91. The standard InChI is InChI=1S/C23H30O2/c1-3-5-7-10-19-14-16-21(17-15-19)23(24)25-22-13-9-12-20(18-22)11-8-6-4-2/h9,12-18H,3-8,10-11H2,1-2H3. The van der Waals surface area contributed by atoms with Crippen LogP contribution < -0.4 is 4.74 Å². The highest BCUT2D eigenvalue weighted by molar-refractivity contribution is 5.91. The van der Waals surface area contributed by atoms with Crippen LogP contribution >= 0.6 is 0 Å². The molecule has 0 saturated heterocycles. The third-order valence-electron chi connectivity index (χ3n) is 4.44. The lowest BCUT2D eigenvalue weighted by molar-refractivity contribution is 0.0734. The van der Waals surface area contributed by atoms with Crippen LogP contribution in [0.25, 0.3) is 0 Å². The molecule has 0 aromatic heterocycles. The van der Waals surface area contributed by atoms with Crippen molar-refractivity contribution in [3.63, 3.8) is 0 Å². The van der Waals surface area contributed by atoms with E-state index in [-0.39, 0.29) is 5.97 Å². The first-order valence-corrected chi connectivity index (χ1v) is 9.63. The molecule has 2 aromatic carbocycles. The van der Waals surface area contributed by atoms with Crippen LogP contribution in [0.4, 0.5) is 0 Å². The van der Waals surface area contributed by atoms with Gasteiger partial charge in [0.25, 0.3) is 0 Å². The minimum absolute atomic E-state index is 0.286. The van der Waals surface area contributed by atoms with E-state index in [2.05, 4.69) is 19.9 Å². The molecule has 0 amide bonds. The van der Waals surface area contributed by atoms with E-state index in [0.29, 0.717) is 11.3 Å². The van der Waals surface area contributed by atoms with Gasteiger partial charge in [0.05, 0.1) is 5.56 Å². The highest BCUT2D eigenvalue weighted by Gasteiger charge is 2.09. The summed E-state index contributed by atoms with van der Waals surface area (Å²) < 4.78 is 5.55. The molecule has 2 nitrogen and oxygen atoms in total. The summed E-state index contributed by atoms with van der Waals surface area (Å²) in [4.78, 5) is 12.3. The molecule has 25 heavy (non-hydrogen) atoms. The van der Waals surface area contributed by atoms with E-state index in [9.17, 15) is 4.79 Å². The summed E-state index contributed by atoms with van der Waals surface area (Å²) >= 11 is 0. The smallest absolute Gasteiger partial charge is 0.343 e. The Labute approximate surface area is 152 Å². The van der Waals surface area contributed by atoms with E-state index < -0.39 is 0 Å². The number of rotatable bonds is 10. The number of aryl methyl sites for hydroxylation is 2. The minimum atomic E-state index is -0.286. The third kappa shape index (κ3) is 6.74. The van der Waals surface area contributed by atoms with Gasteiger partial charge in [-0.25, -0.2) is 4.79 Å². The van der Waals surface area contributed by atoms with Gasteiger partial charge in [0.1, 0.15) is 5.75 Å². The van der Waals surface area contributed by atoms with Gasteiger partial charge in [-0.15, -0.1) is 0 Å². The number of carbonyl (C=O) groups is 1. The average Bonchev–Trinajstić information content (AvgIpc) is 2.63. The lowest BCUT2D eigenvalue weighted by Gasteiger charge is -2.07. The van der Waals surface area contributed by atoms with E-state index in [4.69, 9.17) is 4.74 Å². The number of hydrogen-bond acceptors (Lipinski definition) is 2. The van der Waals surface area contributed by atoms with Gasteiger partial charge in [-0.3, -0.25) is 0 Å². The highest BCUT2D eigenvalue weighted by atomic mass is 16.5. The maximum absolute atomic E-state index is 12.3. The molecule has 0 saturated carbocycles. The summed E-state index contributed by atoms with van der Waals surface area (Å²) in [6, 6.07) is 15.7. The second-order valence-corrected chi connectivity index (χ2v) is 6.65. The first-order valence-electron chi connectivity index (χ1n) is 9.63. The topological polar surface area (TPSA) is 26.3 Å². The maximum atomic E-state index is 12.3. The van der Waals surface area contributed by atoms with Gasteiger partial charge in [-0.1, -0.05) is 63.8 Å². The van der Waals surface area contributed by atoms with Crippen molar-refractivity contribution in [1.29, 1.82) is 0 Å². The Bertz CT molecular complexity index is 643. The highest BCUT2D eigenvalue weighted by Crippen LogP contribution is 2.18. The van der Waals surface area contributed by atoms with Crippen molar-refractivity contribution in [2.24, 2.45) is 0 Å². The first kappa shape index (κ1) is 19.2. The summed E-state index contributed by atoms with van der Waals surface area (Å²) in [6.45, 7) is 4.41. The largest absolute Gasteiger partial charge is 0.423 e. The number of esters is 1. The van der Waals surface area contributed by atoms with Crippen LogP contribution in [0.1, 0.15) is 73.9 Å². The molecule has 0 aliphatic heterocycles. The number of ether oxygens (including phenoxy) is 1. The lowest BCUT2D eigenvalue weighted by Crippen LogP contribution is -2.08. The van der Waals surface area contributed by atoms with E-state index in [1.165, 1.54) is 49.7 Å². The Kier molecular flexibility index (Phi) is 8.24. The number of benzene rings is 2. The summed E-state index contributed by atoms with van der Waals surface area (Å²) in [5.41, 5.74) is 3.11. The molecule has 0 bridgehead atoms. The molecule has 0 heterocycles. The predicted molar refractivity (Wildman–Crippen MR) is 104 cm³/mol. The fourth-order valence-corrected chi connectivity index (χ4v) is 2.90. The second-order valence-electron chi connectivity index (χ2n) is 6.65. The summed E-state index contributed by atoms with van der Waals surface area (Å²) in [5, 5.41) is 0. The zero-order valence-corrected chi connectivity index (χ0v) is 15.6. The van der Waals surface area contributed by atoms with Gasteiger partial charge >= 0.3 is 5.97 Å². The molecule has 0 fully saturated rings. The summed E-state index contributed by atoms with van der Waals surface area (Å²) in [7, 11) is 0. The zero-order valence-electron chi connectivity index (χ0n) is 15.6. The molecule has 2 heteroatoms. The third-order valence-corrected chi connectivity index (χ3v) is 4.44. The molecular weight excluding hydrogens is 308 g/mol. The average molecular weight is 338 g/mol. The van der Waals surface area contributed by atoms with Gasteiger partial charge in [-0.05, 0) is 61.1 Å². The van der Waals surface area contributed by atoms with Crippen LogP contribution in [0.15, 0.2) is 48.5 Å². The van der Waals surface area contributed by atoms with E-state index in [1.807, 2.05) is 42.5 Å². The van der Waals surface area contributed by atoms with Crippen LogP contribution in [0.2, 0.25) is 0 Å². The van der Waals surface area contributed by atoms with Crippen molar-refractivity contribution in [2.45, 2.75) is 65.2 Å². The van der Waals surface area contributed by atoms with Crippen molar-refractivity contribution in [1.82, 2.24) is 0 Å². The van der Waals surface area contributed by atoms with Crippen molar-refractivity contribution < 1.29 is 9.53 Å². The van der Waals surface area contributed by atoms with Gasteiger partial charge in [-0.2, -0.15) is 0 Å². The molecule has 2 rings (SSSR count). The molecule has 0 unspecified atom stereocenters. The van der Waals surface area contributed by atoms with Crippen molar-refractivity contribution in [3.8, 4) is 5.75 Å². The van der Waals surface area contributed by atoms with Crippen LogP contribution in [0.5, 0.6) is 5.75 Å². The summed E-state index contributed by atoms with van der Waals surface area (Å²) in [5.74, 6) is 0.344. The molecule has 2 aromatic rings.